The quantitative estimate of drug-likeness (QED) is 0.781. The molecular weight excluding hydrogens is 202 g/mol. The number of rotatable bonds is 6. The molecule has 2 rings (SSSR count). The molecule has 1 aliphatic carbocycles. The molecule has 1 saturated carbocycles. The van der Waals surface area contributed by atoms with E-state index in [-0.39, 0.29) is 0 Å². The third-order valence-electron chi connectivity index (χ3n) is 3.19. The predicted molar refractivity (Wildman–Crippen MR) is 63.3 cm³/mol. The van der Waals surface area contributed by atoms with Gasteiger partial charge in [0.05, 0.1) is 18.9 Å². The smallest absolute Gasteiger partial charge is 0.0581 e. The first-order valence-corrected chi connectivity index (χ1v) is 6.01. The van der Waals surface area contributed by atoms with Crippen LogP contribution in [0.2, 0.25) is 0 Å². The molecule has 0 spiro atoms. The number of nitrogens with zero attached hydrogens (tertiary/aromatic N) is 2. The zero-order valence-electron chi connectivity index (χ0n) is 10.1. The molecule has 1 fully saturated rings. The van der Waals surface area contributed by atoms with E-state index in [1.807, 2.05) is 31.2 Å². The fraction of sp³-hybridized carbons (Fsp3) is 0.750. The number of nitrogens with one attached hydrogen (secondary N) is 1. The Bertz CT molecular complexity index is 318. The lowest BCUT2D eigenvalue weighted by atomic mass is 9.82. The molecule has 16 heavy (non-hydrogen) atoms. The summed E-state index contributed by atoms with van der Waals surface area (Å²) in [6.45, 7) is 1.95. The van der Waals surface area contributed by atoms with E-state index in [0.29, 0.717) is 6.10 Å². The average molecular weight is 223 g/mol. The lowest BCUT2D eigenvalue weighted by Gasteiger charge is -2.35. The van der Waals surface area contributed by atoms with Gasteiger partial charge in [-0.15, -0.1) is 0 Å². The van der Waals surface area contributed by atoms with Crippen LogP contribution >= 0.6 is 0 Å². The molecule has 4 heteroatoms. The van der Waals surface area contributed by atoms with Gasteiger partial charge in [-0.05, 0) is 44.3 Å². The van der Waals surface area contributed by atoms with Gasteiger partial charge in [0.15, 0.2) is 0 Å². The molecule has 1 heterocycles. The summed E-state index contributed by atoms with van der Waals surface area (Å²) in [4.78, 5) is 0. The van der Waals surface area contributed by atoms with Gasteiger partial charge in [0.1, 0.15) is 0 Å². The second-order valence-corrected chi connectivity index (χ2v) is 4.66. The minimum atomic E-state index is 0.495. The SMILES string of the molecule is CNCC1CC(OCCc2cnn(C)c2)C1. The second kappa shape index (κ2) is 5.46. The minimum Gasteiger partial charge on any atom is -0.378 e. The van der Waals surface area contributed by atoms with Crippen molar-refractivity contribution >= 4 is 0 Å². The van der Waals surface area contributed by atoms with E-state index >= 15 is 0 Å². The first-order valence-electron chi connectivity index (χ1n) is 6.01. The van der Waals surface area contributed by atoms with Gasteiger partial charge in [-0.3, -0.25) is 4.68 Å². The van der Waals surface area contributed by atoms with Crippen LogP contribution in [0.3, 0.4) is 0 Å². The maximum Gasteiger partial charge on any atom is 0.0581 e. The highest BCUT2D eigenvalue weighted by atomic mass is 16.5. The Morgan fingerprint density at radius 3 is 3.00 bits per heavy atom. The van der Waals surface area contributed by atoms with Gasteiger partial charge in [0, 0.05) is 13.2 Å². The van der Waals surface area contributed by atoms with Crippen molar-refractivity contribution in [3.8, 4) is 0 Å². The molecule has 1 aliphatic rings. The minimum absolute atomic E-state index is 0.495. The molecule has 0 bridgehead atoms. The topological polar surface area (TPSA) is 39.1 Å². The molecule has 1 aromatic heterocycles. The molecule has 4 nitrogen and oxygen atoms in total. The van der Waals surface area contributed by atoms with Crippen LogP contribution in [0.4, 0.5) is 0 Å². The molecule has 0 amide bonds. The van der Waals surface area contributed by atoms with Crippen molar-refractivity contribution in [1.29, 1.82) is 0 Å². The van der Waals surface area contributed by atoms with Crippen LogP contribution < -0.4 is 5.32 Å². The fourth-order valence-corrected chi connectivity index (χ4v) is 2.21. The highest BCUT2D eigenvalue weighted by Crippen LogP contribution is 2.29. The Morgan fingerprint density at radius 1 is 1.56 bits per heavy atom. The number of hydrogen-bond donors (Lipinski definition) is 1. The lowest BCUT2D eigenvalue weighted by molar-refractivity contribution is -0.0280. The number of hydrogen-bond acceptors (Lipinski definition) is 3. The van der Waals surface area contributed by atoms with Crippen molar-refractivity contribution in [2.45, 2.75) is 25.4 Å². The Kier molecular flexibility index (Phi) is 3.96. The van der Waals surface area contributed by atoms with Gasteiger partial charge < -0.3 is 10.1 Å². The van der Waals surface area contributed by atoms with Gasteiger partial charge in [-0.2, -0.15) is 5.10 Å². The van der Waals surface area contributed by atoms with Crippen molar-refractivity contribution in [2.75, 3.05) is 20.2 Å². The summed E-state index contributed by atoms with van der Waals surface area (Å²) in [5.74, 6) is 0.827. The molecule has 0 aliphatic heterocycles. The summed E-state index contributed by atoms with van der Waals surface area (Å²) in [7, 11) is 3.95. The van der Waals surface area contributed by atoms with E-state index in [0.717, 1.165) is 25.5 Å². The molecule has 90 valence electrons. The summed E-state index contributed by atoms with van der Waals surface area (Å²) < 4.78 is 7.64. The standard InChI is InChI=1S/C12H21N3O/c1-13-7-11-5-12(6-11)16-4-3-10-8-14-15(2)9-10/h8-9,11-13H,3-7H2,1-2H3. The highest BCUT2D eigenvalue weighted by Gasteiger charge is 2.28. The summed E-state index contributed by atoms with van der Waals surface area (Å²) in [5, 5.41) is 7.35. The number of aromatic nitrogens is 2. The molecule has 0 unspecified atom stereocenters. The van der Waals surface area contributed by atoms with Crippen molar-refractivity contribution in [1.82, 2.24) is 15.1 Å². The summed E-state index contributed by atoms with van der Waals surface area (Å²) in [6, 6.07) is 0. The van der Waals surface area contributed by atoms with E-state index in [2.05, 4.69) is 10.4 Å². The van der Waals surface area contributed by atoms with E-state index in [9.17, 15) is 0 Å². The number of ether oxygens (including phenoxy) is 1. The molecular formula is C12H21N3O. The monoisotopic (exact) mass is 223 g/mol. The Hall–Kier alpha value is -0.870. The third kappa shape index (κ3) is 3.06. The van der Waals surface area contributed by atoms with Crippen LogP contribution in [0.25, 0.3) is 0 Å². The maximum absolute atomic E-state index is 5.80. The zero-order chi connectivity index (χ0) is 11.4. The van der Waals surface area contributed by atoms with Gasteiger partial charge in [0.25, 0.3) is 0 Å². The summed E-state index contributed by atoms with van der Waals surface area (Å²) in [6.07, 6.45) is 7.86. The largest absolute Gasteiger partial charge is 0.378 e. The first-order chi connectivity index (χ1) is 7.78. The Labute approximate surface area is 97.0 Å². The van der Waals surface area contributed by atoms with E-state index < -0.39 is 0 Å². The normalized spacial score (nSPS) is 24.4. The van der Waals surface area contributed by atoms with E-state index in [4.69, 9.17) is 4.74 Å². The first kappa shape index (κ1) is 11.6. The third-order valence-corrected chi connectivity index (χ3v) is 3.19. The molecule has 0 saturated heterocycles. The highest BCUT2D eigenvalue weighted by molar-refractivity contribution is 5.03. The second-order valence-electron chi connectivity index (χ2n) is 4.66. The van der Waals surface area contributed by atoms with Crippen molar-refractivity contribution in [2.24, 2.45) is 13.0 Å². The lowest BCUT2D eigenvalue weighted by Crippen LogP contribution is -2.37. The molecule has 0 aromatic carbocycles. The van der Waals surface area contributed by atoms with Crippen molar-refractivity contribution in [3.63, 3.8) is 0 Å². The van der Waals surface area contributed by atoms with Gasteiger partial charge in [-0.25, -0.2) is 0 Å². The van der Waals surface area contributed by atoms with Crippen LogP contribution in [0.15, 0.2) is 12.4 Å². The number of aryl methyl sites for hydroxylation is 1. The van der Waals surface area contributed by atoms with E-state index in [1.165, 1.54) is 18.4 Å². The summed E-state index contributed by atoms with van der Waals surface area (Å²) in [5.41, 5.74) is 1.26. The fourth-order valence-electron chi connectivity index (χ4n) is 2.21. The van der Waals surface area contributed by atoms with Crippen LogP contribution in [0.1, 0.15) is 18.4 Å². The summed E-state index contributed by atoms with van der Waals surface area (Å²) >= 11 is 0. The molecule has 1 N–H and O–H groups in total. The van der Waals surface area contributed by atoms with Gasteiger partial charge in [-0.1, -0.05) is 0 Å². The van der Waals surface area contributed by atoms with E-state index in [1.54, 1.807) is 0 Å². The van der Waals surface area contributed by atoms with Crippen LogP contribution in [-0.2, 0) is 18.2 Å². The Balaban J connectivity index is 1.56. The Morgan fingerprint density at radius 2 is 2.38 bits per heavy atom. The van der Waals surface area contributed by atoms with Crippen molar-refractivity contribution in [3.05, 3.63) is 18.0 Å². The average Bonchev–Trinajstić information content (AvgIpc) is 2.60. The molecule has 0 atom stereocenters. The van der Waals surface area contributed by atoms with Crippen LogP contribution in [0, 0.1) is 5.92 Å². The van der Waals surface area contributed by atoms with Gasteiger partial charge >= 0.3 is 0 Å². The predicted octanol–water partition coefficient (Wildman–Crippen LogP) is 0.977. The maximum atomic E-state index is 5.80. The van der Waals surface area contributed by atoms with Crippen LogP contribution in [0.5, 0.6) is 0 Å². The van der Waals surface area contributed by atoms with Gasteiger partial charge in [0.2, 0.25) is 0 Å². The van der Waals surface area contributed by atoms with Crippen molar-refractivity contribution < 1.29 is 4.74 Å². The molecule has 0 radical (unpaired) electrons. The van der Waals surface area contributed by atoms with Crippen LogP contribution in [-0.4, -0.2) is 36.1 Å². The zero-order valence-corrected chi connectivity index (χ0v) is 10.1. The molecule has 1 aromatic rings.